The summed E-state index contributed by atoms with van der Waals surface area (Å²) in [6.07, 6.45) is 42.7. The Morgan fingerprint density at radius 3 is 0.750 bits per heavy atom. The summed E-state index contributed by atoms with van der Waals surface area (Å²) in [6.45, 7) is 8.80. The third-order valence-electron chi connectivity index (χ3n) is 9.83. The van der Waals surface area contributed by atoms with E-state index in [2.05, 4.69) is 27.7 Å². The fraction of sp³-hybridized carbons (Fsp3) is 0.951. The zero-order valence-corrected chi connectivity index (χ0v) is 30.9. The minimum atomic E-state index is 0.0719. The molecule has 0 atom stereocenters. The van der Waals surface area contributed by atoms with Gasteiger partial charge >= 0.3 is 0 Å². The molecule has 0 aliphatic rings. The fourth-order valence-corrected chi connectivity index (χ4v) is 6.74. The second-order valence-electron chi connectivity index (χ2n) is 14.0. The molecule has 0 aromatic rings. The second kappa shape index (κ2) is 35.0. The van der Waals surface area contributed by atoms with Crippen molar-refractivity contribution in [3.05, 3.63) is 0 Å². The van der Waals surface area contributed by atoms with E-state index >= 15 is 0 Å². The lowest BCUT2D eigenvalue weighted by Crippen LogP contribution is -2.44. The molecular formula is C41H81NO2. The minimum Gasteiger partial charge on any atom is -0.280 e. The van der Waals surface area contributed by atoms with Crippen molar-refractivity contribution >= 4 is 11.8 Å². The van der Waals surface area contributed by atoms with Crippen molar-refractivity contribution in [2.24, 2.45) is 0 Å². The van der Waals surface area contributed by atoms with Crippen LogP contribution in [0.25, 0.3) is 0 Å². The van der Waals surface area contributed by atoms with E-state index in [1.165, 1.54) is 167 Å². The molecule has 44 heavy (non-hydrogen) atoms. The van der Waals surface area contributed by atoms with Crippen molar-refractivity contribution in [3.8, 4) is 0 Å². The van der Waals surface area contributed by atoms with E-state index in [9.17, 15) is 9.59 Å². The number of carbonyl (C=O) groups is 2. The van der Waals surface area contributed by atoms with Gasteiger partial charge in [0, 0.05) is 18.9 Å². The molecule has 0 aromatic heterocycles. The van der Waals surface area contributed by atoms with Gasteiger partial charge in [-0.1, -0.05) is 207 Å². The molecule has 0 saturated carbocycles. The molecule has 0 N–H and O–H groups in total. The Bertz CT molecular complexity index is 553. The van der Waals surface area contributed by atoms with Crippen LogP contribution in [0.5, 0.6) is 0 Å². The van der Waals surface area contributed by atoms with E-state index in [-0.39, 0.29) is 17.9 Å². The highest BCUT2D eigenvalue weighted by Gasteiger charge is 2.26. The largest absolute Gasteiger partial charge is 0.280 e. The molecule has 0 heterocycles. The SMILES string of the molecule is CCCCCCCCCCCCCCCCCC(=O)N(C(=O)CCCCCCCCCCCCCCCCC)C(CC)CC. The molecule has 0 unspecified atom stereocenters. The molecule has 3 heteroatoms. The van der Waals surface area contributed by atoms with Gasteiger partial charge in [0.05, 0.1) is 0 Å². The molecule has 0 aliphatic carbocycles. The molecule has 0 radical (unpaired) electrons. The second-order valence-corrected chi connectivity index (χ2v) is 14.0. The lowest BCUT2D eigenvalue weighted by molar-refractivity contribution is -0.148. The summed E-state index contributed by atoms with van der Waals surface area (Å²) < 4.78 is 0. The predicted molar refractivity (Wildman–Crippen MR) is 195 cm³/mol. The molecule has 0 bridgehead atoms. The molecular weight excluding hydrogens is 538 g/mol. The average molecular weight is 620 g/mol. The zero-order valence-electron chi connectivity index (χ0n) is 30.9. The van der Waals surface area contributed by atoms with E-state index in [4.69, 9.17) is 0 Å². The summed E-state index contributed by atoms with van der Waals surface area (Å²) in [7, 11) is 0. The van der Waals surface area contributed by atoms with Gasteiger partial charge in [-0.2, -0.15) is 0 Å². The maximum Gasteiger partial charge on any atom is 0.229 e. The molecule has 0 aromatic carbocycles. The van der Waals surface area contributed by atoms with Crippen molar-refractivity contribution in [2.45, 2.75) is 252 Å². The Morgan fingerprint density at radius 1 is 0.341 bits per heavy atom. The van der Waals surface area contributed by atoms with Crippen molar-refractivity contribution in [3.63, 3.8) is 0 Å². The molecule has 2 amide bonds. The quantitative estimate of drug-likeness (QED) is 0.0662. The number of unbranched alkanes of at least 4 members (excludes halogenated alkanes) is 28. The van der Waals surface area contributed by atoms with Crippen LogP contribution >= 0.6 is 0 Å². The monoisotopic (exact) mass is 620 g/mol. The number of hydrogen-bond acceptors (Lipinski definition) is 2. The maximum absolute atomic E-state index is 13.1. The molecule has 0 saturated heterocycles. The van der Waals surface area contributed by atoms with Crippen LogP contribution in [0.15, 0.2) is 0 Å². The van der Waals surface area contributed by atoms with Gasteiger partial charge in [-0.15, -0.1) is 0 Å². The highest BCUT2D eigenvalue weighted by molar-refractivity contribution is 5.95. The van der Waals surface area contributed by atoms with Crippen LogP contribution in [0.2, 0.25) is 0 Å². The van der Waals surface area contributed by atoms with E-state index in [0.717, 1.165) is 38.5 Å². The Kier molecular flexibility index (Phi) is 34.3. The smallest absolute Gasteiger partial charge is 0.229 e. The van der Waals surface area contributed by atoms with Crippen LogP contribution in [0.3, 0.4) is 0 Å². The fourth-order valence-electron chi connectivity index (χ4n) is 6.74. The van der Waals surface area contributed by atoms with E-state index < -0.39 is 0 Å². The van der Waals surface area contributed by atoms with Crippen LogP contribution in [0, 0.1) is 0 Å². The van der Waals surface area contributed by atoms with E-state index in [0.29, 0.717) is 12.8 Å². The topological polar surface area (TPSA) is 37.4 Å². The Morgan fingerprint density at radius 2 is 0.545 bits per heavy atom. The van der Waals surface area contributed by atoms with Gasteiger partial charge in [-0.3, -0.25) is 14.5 Å². The molecule has 262 valence electrons. The van der Waals surface area contributed by atoms with Crippen molar-refractivity contribution in [1.82, 2.24) is 4.90 Å². The maximum atomic E-state index is 13.1. The van der Waals surface area contributed by atoms with Gasteiger partial charge in [-0.25, -0.2) is 0 Å². The van der Waals surface area contributed by atoms with Crippen LogP contribution in [-0.4, -0.2) is 22.8 Å². The van der Waals surface area contributed by atoms with Gasteiger partial charge in [0.25, 0.3) is 0 Å². The number of rotatable bonds is 35. The van der Waals surface area contributed by atoms with Crippen LogP contribution < -0.4 is 0 Å². The molecule has 0 aliphatic heterocycles. The molecule has 0 spiro atoms. The normalized spacial score (nSPS) is 11.5. The lowest BCUT2D eigenvalue weighted by Gasteiger charge is -2.29. The summed E-state index contributed by atoms with van der Waals surface area (Å²) in [5.41, 5.74) is 0. The van der Waals surface area contributed by atoms with E-state index in [1.807, 2.05) is 0 Å². The number of nitrogens with zero attached hydrogens (tertiary/aromatic N) is 1. The predicted octanol–water partition coefficient (Wildman–Crippen LogP) is 14.1. The van der Waals surface area contributed by atoms with E-state index in [1.54, 1.807) is 4.90 Å². The van der Waals surface area contributed by atoms with Crippen LogP contribution in [0.4, 0.5) is 0 Å². The number of amides is 2. The molecule has 0 fully saturated rings. The number of hydrogen-bond donors (Lipinski definition) is 0. The first kappa shape index (κ1) is 43.1. The van der Waals surface area contributed by atoms with Crippen LogP contribution in [-0.2, 0) is 9.59 Å². The summed E-state index contributed by atoms with van der Waals surface area (Å²) >= 11 is 0. The van der Waals surface area contributed by atoms with Gasteiger partial charge in [0.1, 0.15) is 0 Å². The summed E-state index contributed by atoms with van der Waals surface area (Å²) in [6, 6.07) is 0.0719. The third-order valence-corrected chi connectivity index (χ3v) is 9.83. The standard InChI is InChI=1S/C41H81NO2/c1-5-9-11-13-15-17-19-21-23-25-27-29-31-33-35-37-40(43)42(39(7-3)8-4)41(44)38-36-34-32-30-28-26-24-22-20-18-16-14-12-10-6-2/h39H,5-38H2,1-4H3. The van der Waals surface area contributed by atoms with Crippen molar-refractivity contribution < 1.29 is 9.59 Å². The van der Waals surface area contributed by atoms with Crippen molar-refractivity contribution in [2.75, 3.05) is 0 Å². The first-order valence-corrected chi connectivity index (χ1v) is 20.5. The molecule has 3 nitrogen and oxygen atoms in total. The zero-order chi connectivity index (χ0) is 32.4. The van der Waals surface area contributed by atoms with Gasteiger partial charge in [0.2, 0.25) is 11.8 Å². The lowest BCUT2D eigenvalue weighted by atomic mass is 10.0. The first-order chi connectivity index (χ1) is 21.6. The van der Waals surface area contributed by atoms with Gasteiger partial charge in [-0.05, 0) is 25.7 Å². The minimum absolute atomic E-state index is 0.0719. The van der Waals surface area contributed by atoms with Crippen molar-refractivity contribution in [1.29, 1.82) is 0 Å². The summed E-state index contributed by atoms with van der Waals surface area (Å²) in [5, 5.41) is 0. The number of imide groups is 1. The average Bonchev–Trinajstić information content (AvgIpc) is 3.03. The van der Waals surface area contributed by atoms with Gasteiger partial charge < -0.3 is 0 Å². The van der Waals surface area contributed by atoms with Gasteiger partial charge in [0.15, 0.2) is 0 Å². The summed E-state index contributed by atoms with van der Waals surface area (Å²) in [5.74, 6) is 0.165. The Balaban J connectivity index is 3.88. The Hall–Kier alpha value is -0.860. The highest BCUT2D eigenvalue weighted by atomic mass is 16.2. The number of carbonyl (C=O) groups excluding carboxylic acids is 2. The third kappa shape index (κ3) is 27.5. The molecule has 0 rings (SSSR count). The summed E-state index contributed by atoms with van der Waals surface area (Å²) in [4.78, 5) is 28.0. The highest BCUT2D eigenvalue weighted by Crippen LogP contribution is 2.19. The first-order valence-electron chi connectivity index (χ1n) is 20.5. The van der Waals surface area contributed by atoms with Crippen LogP contribution in [0.1, 0.15) is 246 Å². The Labute approximate surface area is 277 Å².